The van der Waals surface area contributed by atoms with Crippen molar-refractivity contribution in [1.82, 2.24) is 93.8 Å². The van der Waals surface area contributed by atoms with Gasteiger partial charge in [0.2, 0.25) is 16.5 Å². The Morgan fingerprint density at radius 1 is 0.495 bits per heavy atom. The van der Waals surface area contributed by atoms with Gasteiger partial charge in [0.1, 0.15) is 42.0 Å². The maximum Gasteiger partial charge on any atom is 0.297 e. The molecular weight excluding hydrogens is 1400 g/mol. The Morgan fingerprint density at radius 3 is 1.33 bits per heavy atom. The van der Waals surface area contributed by atoms with Gasteiger partial charge in [-0.3, -0.25) is 44.0 Å². The molecule has 2 fully saturated rings. The van der Waals surface area contributed by atoms with Crippen molar-refractivity contribution in [1.29, 1.82) is 0 Å². The Kier molecular flexibility index (Phi) is 20.4. The highest BCUT2D eigenvalue weighted by Gasteiger charge is 2.23. The highest BCUT2D eigenvalue weighted by Crippen LogP contribution is 2.31. The molecule has 504 valence electrons. The number of aromatic nitrogens is 18. The maximum atomic E-state index is 11.3. The first kappa shape index (κ1) is 66.7. The van der Waals surface area contributed by atoms with Gasteiger partial charge in [-0.05, 0) is 75.7 Å². The van der Waals surface area contributed by atoms with E-state index in [9.17, 15) is 30.3 Å². The second-order valence-corrected chi connectivity index (χ2v) is 24.4. The molecule has 0 bridgehead atoms. The van der Waals surface area contributed by atoms with E-state index in [1.807, 2.05) is 64.2 Å². The first-order valence-corrected chi connectivity index (χ1v) is 33.7. The molecule has 2 saturated heterocycles. The Balaban J connectivity index is 0.000000121. The minimum absolute atomic E-state index is 0.00144. The third-order valence-electron chi connectivity index (χ3n) is 14.8. The van der Waals surface area contributed by atoms with E-state index >= 15 is 0 Å². The summed E-state index contributed by atoms with van der Waals surface area (Å²) in [5.41, 5.74) is 14.6. The van der Waals surface area contributed by atoms with Crippen LogP contribution in [0.3, 0.4) is 0 Å². The standard InChI is InChI=1S/C21H19N9O3S.C17H11ClN8O2S.C9H4Cl2N4S.C8H8N4O2.C4H9NO/c31-30(32)15-3-1-2-14-17(15)25-16(24-14)10-22-19-18-20(29(12-23-18)13-4-9-34-11-13)27-21(26-19)28-5-7-33-8-6-28;18-17-23-15(14-16(24-17)25(8-20-14)9-4-5-29-7-9)19-6-12-21-10-2-1-3-11(26(27)28)13(10)22-12;10-7-6-8(14-9(11)13-7)15(4-12-6)5-1-2-16-3-5;9-4-7-10-5-2-1-3-6(12(13)14)8(5)11-7;1-3-6-4-2-5-1/h1-4,9,11-12H,5-8,10H2,(H,24,25)(H,22,26,27);1-5,7-8H,6H2,(H,21,22)(H,19,23,24);1-4H;1-3H,4,9H2,(H,10,11);5H,1-4H2. The van der Waals surface area contributed by atoms with E-state index < -0.39 is 14.8 Å². The number of imidazole rings is 6. The van der Waals surface area contributed by atoms with Gasteiger partial charge >= 0.3 is 0 Å². The number of ether oxygens (including phenoxy) is 2. The van der Waals surface area contributed by atoms with Crippen LogP contribution in [0.15, 0.2) is 124 Å². The lowest BCUT2D eigenvalue weighted by Crippen LogP contribution is -2.37. The molecule has 0 spiro atoms. The first-order chi connectivity index (χ1) is 48.2. The fourth-order valence-corrected chi connectivity index (χ4v) is 12.7. The molecule has 0 aliphatic carbocycles. The number of nitrogens with two attached hydrogens (primary N) is 1. The third kappa shape index (κ3) is 15.0. The number of nitrogens with zero attached hydrogens (tertiary/aromatic N) is 19. The van der Waals surface area contributed by atoms with E-state index in [2.05, 4.69) is 85.6 Å². The second-order valence-electron chi connectivity index (χ2n) is 21.0. The maximum absolute atomic E-state index is 11.3. The van der Waals surface area contributed by atoms with Crippen molar-refractivity contribution >= 4 is 170 Å². The van der Waals surface area contributed by atoms with Crippen molar-refractivity contribution in [3.05, 3.63) is 188 Å². The number of H-pyrrole nitrogens is 3. The highest BCUT2D eigenvalue weighted by molar-refractivity contribution is 7.08. The number of para-hydroxylation sites is 3. The SMILES string of the molecule is C1COCCN1.Clc1nc(Cl)c2ncn(-c3ccsc3)c2n1.NCc1nc2c([N+](=O)[O-])cccc2[nH]1.O=[N+]([O-])c1cccc2[nH]c(CNc3nc(Cl)nc4c3ncn4-c3ccsc3)nc12.O=[N+]([O-])c1cccc2[nH]c(CNc3nc(N4CCOCC4)nc4c3ncn4-c3ccsc3)nc12. The molecule has 0 radical (unpaired) electrons. The van der Waals surface area contributed by atoms with Crippen LogP contribution < -0.4 is 26.6 Å². The van der Waals surface area contributed by atoms with E-state index in [4.69, 9.17) is 60.0 Å². The number of thiophene rings is 3. The molecule has 3 aromatic carbocycles. The Bertz CT molecular complexity index is 5330. The molecule has 40 heteroatoms. The fraction of sp³-hybridized carbons (Fsp3) is 0.186. The monoisotopic (exact) mass is 1450 g/mol. The molecule has 15 aromatic rings. The van der Waals surface area contributed by atoms with Crippen molar-refractivity contribution < 1.29 is 24.2 Å². The van der Waals surface area contributed by atoms with Crippen LogP contribution in [0.25, 0.3) is 83.7 Å². The minimum Gasteiger partial charge on any atom is -0.379 e. The van der Waals surface area contributed by atoms with Crippen LogP contribution in [-0.4, -0.2) is 156 Å². The number of hydrogen-bond acceptors (Lipinski definition) is 28. The number of halogens is 3. The summed E-state index contributed by atoms with van der Waals surface area (Å²) in [6, 6.07) is 20.3. The molecule has 0 unspecified atom stereocenters. The fourth-order valence-electron chi connectivity index (χ4n) is 10.3. The average Bonchev–Trinajstić information content (AvgIpc) is 1.68. The number of nitro benzene ring substituents is 3. The molecule has 0 amide bonds. The van der Waals surface area contributed by atoms with Crippen molar-refractivity contribution in [2.45, 2.75) is 19.6 Å². The number of nitro groups is 3. The second kappa shape index (κ2) is 30.3. The number of morpholine rings is 2. The van der Waals surface area contributed by atoms with Crippen LogP contribution in [0.4, 0.5) is 34.6 Å². The van der Waals surface area contributed by atoms with Crippen molar-refractivity contribution in [3.63, 3.8) is 0 Å². The molecule has 14 heterocycles. The van der Waals surface area contributed by atoms with Crippen molar-refractivity contribution in [2.75, 3.05) is 68.1 Å². The number of hydrogen-bond donors (Lipinski definition) is 7. The topological polar surface area (TPSA) is 430 Å². The number of benzene rings is 3. The number of nitrogens with one attached hydrogen (secondary N) is 6. The third-order valence-corrected chi connectivity index (χ3v) is 17.4. The van der Waals surface area contributed by atoms with Crippen LogP contribution in [0, 0.1) is 30.3 Å². The van der Waals surface area contributed by atoms with Gasteiger partial charge in [-0.15, -0.1) is 0 Å². The summed E-state index contributed by atoms with van der Waals surface area (Å²) in [5.74, 6) is 3.24. The predicted octanol–water partition coefficient (Wildman–Crippen LogP) is 10.8. The molecule has 34 nitrogen and oxygen atoms in total. The predicted molar refractivity (Wildman–Crippen MR) is 376 cm³/mol. The quantitative estimate of drug-likeness (QED) is 0.0230. The van der Waals surface area contributed by atoms with Gasteiger partial charge in [0, 0.05) is 60.5 Å². The first-order valence-electron chi connectivity index (χ1n) is 29.7. The average molecular weight is 1450 g/mol. The van der Waals surface area contributed by atoms with E-state index in [0.717, 1.165) is 43.4 Å². The number of anilines is 3. The van der Waals surface area contributed by atoms with Crippen LogP contribution in [0.1, 0.15) is 17.5 Å². The lowest BCUT2D eigenvalue weighted by Gasteiger charge is -2.27. The lowest BCUT2D eigenvalue weighted by molar-refractivity contribution is -0.383. The number of rotatable bonds is 14. The van der Waals surface area contributed by atoms with E-state index in [1.54, 1.807) is 89.4 Å². The van der Waals surface area contributed by atoms with Crippen LogP contribution in [-0.2, 0) is 29.1 Å². The molecule has 2 aliphatic heterocycles. The zero-order valence-electron chi connectivity index (χ0n) is 51.1. The van der Waals surface area contributed by atoms with Crippen molar-refractivity contribution in [2.24, 2.45) is 5.73 Å². The zero-order valence-corrected chi connectivity index (χ0v) is 55.8. The molecular formula is C59H51Cl3N26O8S3. The van der Waals surface area contributed by atoms with E-state index in [0.29, 0.717) is 128 Å². The summed E-state index contributed by atoms with van der Waals surface area (Å²) >= 11 is 22.6. The van der Waals surface area contributed by atoms with Gasteiger partial charge < -0.3 is 51.0 Å². The molecule has 12 aromatic heterocycles. The van der Waals surface area contributed by atoms with Gasteiger partial charge in [-0.2, -0.15) is 58.9 Å². The van der Waals surface area contributed by atoms with Crippen LogP contribution >= 0.6 is 68.8 Å². The summed E-state index contributed by atoms with van der Waals surface area (Å²) in [6.45, 7) is 7.24. The largest absolute Gasteiger partial charge is 0.379 e. The van der Waals surface area contributed by atoms with Gasteiger partial charge in [-0.25, -0.2) is 34.9 Å². The van der Waals surface area contributed by atoms with Gasteiger partial charge in [0.25, 0.3) is 17.1 Å². The summed E-state index contributed by atoms with van der Waals surface area (Å²) < 4.78 is 16.1. The molecule has 99 heavy (non-hydrogen) atoms. The molecule has 0 saturated carbocycles. The van der Waals surface area contributed by atoms with Crippen LogP contribution in [0.2, 0.25) is 15.7 Å². The van der Waals surface area contributed by atoms with Crippen LogP contribution in [0.5, 0.6) is 0 Å². The molecule has 17 rings (SSSR count). The van der Waals surface area contributed by atoms with Crippen molar-refractivity contribution in [3.8, 4) is 17.1 Å². The molecule has 0 atom stereocenters. The van der Waals surface area contributed by atoms with Gasteiger partial charge in [-0.1, -0.05) is 29.8 Å². The Hall–Kier alpha value is -10.9. The van der Waals surface area contributed by atoms with E-state index in [-0.39, 0.29) is 52.4 Å². The smallest absolute Gasteiger partial charge is 0.297 e. The number of non-ortho nitro benzene ring substituents is 3. The highest BCUT2D eigenvalue weighted by atomic mass is 35.5. The van der Waals surface area contributed by atoms with Gasteiger partial charge in [0.15, 0.2) is 61.3 Å². The number of aromatic amines is 3. The number of fused-ring (bicyclic) bond motifs is 6. The Labute approximate surface area is 582 Å². The zero-order chi connectivity index (χ0) is 68.5. The summed E-state index contributed by atoms with van der Waals surface area (Å²) in [5, 5.41) is 55.2. The van der Waals surface area contributed by atoms with E-state index in [1.165, 1.54) is 18.2 Å². The molecule has 8 N–H and O–H groups in total. The molecule has 2 aliphatic rings. The van der Waals surface area contributed by atoms with Gasteiger partial charge in [0.05, 0.1) is 94.4 Å². The summed E-state index contributed by atoms with van der Waals surface area (Å²) in [6.07, 6.45) is 5.05. The lowest BCUT2D eigenvalue weighted by atomic mass is 10.3. The Morgan fingerprint density at radius 2 is 0.909 bits per heavy atom. The minimum atomic E-state index is -0.455. The summed E-state index contributed by atoms with van der Waals surface area (Å²) in [4.78, 5) is 95.0. The summed E-state index contributed by atoms with van der Waals surface area (Å²) in [7, 11) is 0. The normalized spacial score (nSPS) is 12.9.